The average molecular weight is 1160 g/mol. The largest absolute Gasteiger partial charge is 0.309 e. The normalized spacial score (nSPS) is 11.6. The number of anilines is 6. The molecule has 0 aliphatic carbocycles. The van der Waals surface area contributed by atoms with Gasteiger partial charge in [0.2, 0.25) is 0 Å². The molecule has 14 aromatic carbocycles. The second-order valence-corrected chi connectivity index (χ2v) is 25.5. The van der Waals surface area contributed by atoms with E-state index in [1.807, 2.05) is 22.7 Å². The highest BCUT2D eigenvalue weighted by Gasteiger charge is 2.26. The molecule has 4 heteroatoms. The van der Waals surface area contributed by atoms with Crippen LogP contribution in [-0.2, 0) is 0 Å². The van der Waals surface area contributed by atoms with Gasteiger partial charge in [0.25, 0.3) is 0 Å². The minimum Gasteiger partial charge on any atom is -0.309 e. The van der Waals surface area contributed by atoms with Gasteiger partial charge in [-0.15, -0.1) is 22.7 Å². The molecule has 16 aromatic rings. The maximum Gasteiger partial charge on any atom is 0.0569 e. The van der Waals surface area contributed by atoms with Crippen LogP contribution >= 0.6 is 22.7 Å². The lowest BCUT2D eigenvalue weighted by Gasteiger charge is -2.32. The van der Waals surface area contributed by atoms with Crippen molar-refractivity contribution in [1.82, 2.24) is 0 Å². The van der Waals surface area contributed by atoms with Gasteiger partial charge in [0.1, 0.15) is 0 Å². The molecule has 0 unspecified atom stereocenters. The molecule has 88 heavy (non-hydrogen) atoms. The highest BCUT2D eigenvalue weighted by Crippen LogP contribution is 2.51. The Morgan fingerprint density at radius 1 is 0.239 bits per heavy atom. The summed E-state index contributed by atoms with van der Waals surface area (Å²) in [6, 6.07) is 108. The first-order valence-corrected chi connectivity index (χ1v) is 31.9. The molecular weight excluding hydrogens is 1100 g/mol. The van der Waals surface area contributed by atoms with Crippen LogP contribution in [0.1, 0.15) is 22.3 Å². The minimum absolute atomic E-state index is 1.10. The van der Waals surface area contributed by atoms with E-state index in [0.717, 1.165) is 22.7 Å². The number of rotatable bonds is 11. The maximum atomic E-state index is 2.51. The third-order valence-corrected chi connectivity index (χ3v) is 20.4. The number of fused-ring (bicyclic) bond motifs is 8. The number of benzene rings is 14. The van der Waals surface area contributed by atoms with E-state index in [2.05, 4.69) is 329 Å². The zero-order valence-corrected chi connectivity index (χ0v) is 51.1. The number of hydrogen-bond donors (Lipinski definition) is 0. The predicted octanol–water partition coefficient (Wildman–Crippen LogP) is 25.2. The molecule has 16 rings (SSSR count). The molecule has 0 radical (unpaired) electrons. The summed E-state index contributed by atoms with van der Waals surface area (Å²) < 4.78 is 5.21. The van der Waals surface area contributed by atoms with Crippen molar-refractivity contribution in [2.24, 2.45) is 0 Å². The maximum absolute atomic E-state index is 2.51. The molecule has 0 spiro atoms. The van der Waals surface area contributed by atoms with Crippen molar-refractivity contribution in [3.8, 4) is 55.6 Å². The Labute approximate surface area is 521 Å². The first kappa shape index (κ1) is 53.1. The lowest BCUT2D eigenvalue weighted by Crippen LogP contribution is -2.14. The van der Waals surface area contributed by atoms with Crippen LogP contribution in [0.15, 0.2) is 291 Å². The van der Waals surface area contributed by atoms with Crippen LogP contribution in [0.5, 0.6) is 0 Å². The third-order valence-electron chi connectivity index (χ3n) is 17.9. The Kier molecular flexibility index (Phi) is 13.2. The van der Waals surface area contributed by atoms with Gasteiger partial charge in [0.15, 0.2) is 0 Å². The van der Waals surface area contributed by atoms with E-state index in [-0.39, 0.29) is 0 Å². The molecule has 0 saturated heterocycles. The van der Waals surface area contributed by atoms with Crippen LogP contribution < -0.4 is 9.80 Å². The van der Waals surface area contributed by atoms with E-state index >= 15 is 0 Å². The summed E-state index contributed by atoms with van der Waals surface area (Å²) in [6.07, 6.45) is 0. The van der Waals surface area contributed by atoms with Crippen LogP contribution in [0.2, 0.25) is 0 Å². The summed E-state index contributed by atoms with van der Waals surface area (Å²) in [5.74, 6) is 0. The Hall–Kier alpha value is -10.4. The van der Waals surface area contributed by atoms with Crippen LogP contribution in [-0.4, -0.2) is 0 Å². The van der Waals surface area contributed by atoms with Crippen molar-refractivity contribution in [3.05, 3.63) is 313 Å². The summed E-state index contributed by atoms with van der Waals surface area (Å²) in [5, 5.41) is 10.2. The lowest BCUT2D eigenvalue weighted by molar-refractivity contribution is 1.22. The molecule has 418 valence electrons. The number of para-hydroxylation sites is 2. The molecular formula is C84H60N2S2. The van der Waals surface area contributed by atoms with E-state index < -0.39 is 0 Å². The van der Waals surface area contributed by atoms with E-state index in [1.54, 1.807) is 0 Å². The summed E-state index contributed by atoms with van der Waals surface area (Å²) >= 11 is 3.77. The fourth-order valence-corrected chi connectivity index (χ4v) is 16.0. The van der Waals surface area contributed by atoms with Gasteiger partial charge in [0.05, 0.1) is 11.4 Å². The van der Waals surface area contributed by atoms with Crippen molar-refractivity contribution < 1.29 is 0 Å². The van der Waals surface area contributed by atoms with Crippen LogP contribution in [0.3, 0.4) is 0 Å². The summed E-state index contributed by atoms with van der Waals surface area (Å²) in [7, 11) is 0. The average Bonchev–Trinajstić information content (AvgIpc) is 1.70. The van der Waals surface area contributed by atoms with Gasteiger partial charge in [-0.1, -0.05) is 218 Å². The molecule has 0 atom stereocenters. The Bertz CT molecular complexity index is 5060. The van der Waals surface area contributed by atoms with Crippen LogP contribution in [0, 0.1) is 27.7 Å². The fraction of sp³-hybridized carbons (Fsp3) is 0.0476. The van der Waals surface area contributed by atoms with Gasteiger partial charge in [-0.2, -0.15) is 0 Å². The topological polar surface area (TPSA) is 6.48 Å². The van der Waals surface area contributed by atoms with Crippen LogP contribution in [0.4, 0.5) is 34.1 Å². The van der Waals surface area contributed by atoms with Gasteiger partial charge in [-0.05, 0) is 178 Å². The fourth-order valence-electron chi connectivity index (χ4n) is 13.6. The van der Waals surface area contributed by atoms with Gasteiger partial charge in [0, 0.05) is 85.3 Å². The smallest absolute Gasteiger partial charge is 0.0569 e. The number of nitrogens with zero attached hydrogens (tertiary/aromatic N) is 2. The molecule has 2 heterocycles. The zero-order valence-electron chi connectivity index (χ0n) is 49.4. The second-order valence-electron chi connectivity index (χ2n) is 23.4. The van der Waals surface area contributed by atoms with E-state index in [9.17, 15) is 0 Å². The Balaban J connectivity index is 0.820. The molecule has 0 fully saturated rings. The standard InChI is InChI=1S/C84H60N2S2/c1-53-17-13-25-71(75-29-15-27-73-69-23-9-11-31-79(69)87-83(73)75)81(53)85(67-43-37-59(38-44-67)65-35-33-57-19-5-7-21-61(57)51-65)77-47-41-63(49-55(77)3)64-42-48-78(56(4)50-64)86(68-45-39-60(40-46-68)66-36-34-58-20-6-8-22-62(58)52-66)82-54(2)18-14-26-72(82)76-30-16-28-74-70-24-10-12-32-80(70)88-84(74)76/h5-52H,1-4H3. The second kappa shape index (κ2) is 21.9. The predicted molar refractivity (Wildman–Crippen MR) is 383 cm³/mol. The molecule has 0 N–H and O–H groups in total. The van der Waals surface area contributed by atoms with Crippen molar-refractivity contribution in [2.75, 3.05) is 9.80 Å². The Morgan fingerprint density at radius 3 is 1.01 bits per heavy atom. The molecule has 0 bridgehead atoms. The minimum atomic E-state index is 1.10. The van der Waals surface area contributed by atoms with Gasteiger partial charge in [-0.3, -0.25) is 0 Å². The number of hydrogen-bond acceptors (Lipinski definition) is 4. The van der Waals surface area contributed by atoms with Crippen molar-refractivity contribution in [3.63, 3.8) is 0 Å². The number of aryl methyl sites for hydroxylation is 4. The van der Waals surface area contributed by atoms with Gasteiger partial charge in [-0.25, -0.2) is 0 Å². The lowest BCUT2D eigenvalue weighted by atomic mass is 9.94. The van der Waals surface area contributed by atoms with Crippen molar-refractivity contribution in [2.45, 2.75) is 27.7 Å². The highest BCUT2D eigenvalue weighted by atomic mass is 32.1. The number of thiophene rings is 2. The molecule has 2 aromatic heterocycles. The monoisotopic (exact) mass is 1160 g/mol. The van der Waals surface area contributed by atoms with Crippen molar-refractivity contribution in [1.29, 1.82) is 0 Å². The van der Waals surface area contributed by atoms with Gasteiger partial charge >= 0.3 is 0 Å². The third kappa shape index (κ3) is 9.23. The zero-order chi connectivity index (χ0) is 59.0. The van der Waals surface area contributed by atoms with E-state index in [4.69, 9.17) is 0 Å². The van der Waals surface area contributed by atoms with Crippen LogP contribution in [0.25, 0.3) is 118 Å². The first-order chi connectivity index (χ1) is 43.3. The van der Waals surface area contributed by atoms with E-state index in [0.29, 0.717) is 0 Å². The summed E-state index contributed by atoms with van der Waals surface area (Å²) in [5.41, 5.74) is 23.6. The molecule has 2 nitrogen and oxygen atoms in total. The first-order valence-electron chi connectivity index (χ1n) is 30.3. The van der Waals surface area contributed by atoms with Gasteiger partial charge < -0.3 is 9.80 Å². The van der Waals surface area contributed by atoms with Crippen molar-refractivity contribution >= 4 is 119 Å². The molecule has 0 aliphatic heterocycles. The van der Waals surface area contributed by atoms with E-state index in [1.165, 1.54) is 151 Å². The Morgan fingerprint density at radius 2 is 0.580 bits per heavy atom. The molecule has 0 aliphatic rings. The summed E-state index contributed by atoms with van der Waals surface area (Å²) in [4.78, 5) is 5.02. The summed E-state index contributed by atoms with van der Waals surface area (Å²) in [6.45, 7) is 9.09. The molecule has 0 saturated carbocycles. The highest BCUT2D eigenvalue weighted by molar-refractivity contribution is 7.26. The SMILES string of the molecule is Cc1cc(-c2ccc(N(c3ccc(-c4ccc5ccccc5c4)cc3)c3c(C)cccc3-c3cccc4c3sc3ccccc34)c(C)c2)ccc1N(c1ccc(-c2ccc3ccccc3c2)cc1)c1c(C)cccc1-c1cccc2c1sc1ccccc12. The molecule has 0 amide bonds. The quantitative estimate of drug-likeness (QED) is 0.127.